The molecule has 4 aromatic rings. The monoisotopic (exact) mass is 426 g/mol. The first-order valence-electron chi connectivity index (χ1n) is 10.9. The molecule has 166 valence electrons. The zero-order valence-electron chi connectivity index (χ0n) is 19.0. The summed E-state index contributed by atoms with van der Waals surface area (Å²) in [5.74, 6) is 2.59. The maximum atomic E-state index is 5.34. The van der Waals surface area contributed by atoms with Gasteiger partial charge in [0.15, 0.2) is 0 Å². The number of nitrogens with zero attached hydrogens (tertiary/aromatic N) is 2. The molecule has 0 aliphatic carbocycles. The highest BCUT2D eigenvalue weighted by atomic mass is 16.5. The summed E-state index contributed by atoms with van der Waals surface area (Å²) < 4.78 is 7.60. The Bertz CT molecular complexity index is 1130. The van der Waals surface area contributed by atoms with E-state index in [4.69, 9.17) is 9.72 Å². The van der Waals surface area contributed by atoms with E-state index < -0.39 is 0 Å². The predicted octanol–water partition coefficient (Wildman–Crippen LogP) is 8.10. The second-order valence-corrected chi connectivity index (χ2v) is 8.53. The average Bonchev–Trinajstić information content (AvgIpc) is 3.28. The highest BCUT2D eigenvalue weighted by Gasteiger charge is 2.20. The molecule has 3 heteroatoms. The topological polar surface area (TPSA) is 27.1 Å². The number of hydrogen-bond acceptors (Lipinski definition) is 2. The summed E-state index contributed by atoms with van der Waals surface area (Å²) in [6.45, 7) is 9.06. The van der Waals surface area contributed by atoms with Gasteiger partial charge in [-0.1, -0.05) is 77.6 Å². The van der Waals surface area contributed by atoms with Crippen molar-refractivity contribution >= 4 is 0 Å². The quantitative estimate of drug-likeness (QED) is 0.311. The summed E-state index contributed by atoms with van der Waals surface area (Å²) in [6.07, 6.45) is 3.98. The van der Waals surface area contributed by atoms with Crippen LogP contribution in [0.4, 0.5) is 0 Å². The smallest absolute Gasteiger partial charge is 0.144 e. The Morgan fingerprint density at radius 3 is 1.88 bits per heavy atom. The van der Waals surface area contributed by atoms with E-state index in [9.17, 15) is 0 Å². The van der Waals surface area contributed by atoms with Crippen LogP contribution >= 0.6 is 0 Å². The Balaban J connectivity index is 0.00000289. The molecule has 0 aliphatic rings. The maximum absolute atomic E-state index is 5.34. The number of hydrogen-bond donors (Lipinski definition) is 0. The van der Waals surface area contributed by atoms with Gasteiger partial charge >= 0.3 is 0 Å². The van der Waals surface area contributed by atoms with Crippen LogP contribution < -0.4 is 4.74 Å². The van der Waals surface area contributed by atoms with E-state index in [1.54, 1.807) is 7.11 Å². The molecule has 0 saturated heterocycles. The van der Waals surface area contributed by atoms with E-state index >= 15 is 0 Å². The van der Waals surface area contributed by atoms with E-state index in [1.165, 1.54) is 27.9 Å². The molecule has 0 radical (unpaired) electrons. The minimum absolute atomic E-state index is 0. The van der Waals surface area contributed by atoms with Crippen LogP contribution in [0.3, 0.4) is 0 Å². The number of ether oxygens (including phenoxy) is 1. The van der Waals surface area contributed by atoms with E-state index in [1.807, 2.05) is 24.4 Å². The number of imidazole rings is 1. The Labute approximate surface area is 192 Å². The van der Waals surface area contributed by atoms with Gasteiger partial charge in [0.05, 0.1) is 12.8 Å². The molecular formula is C29H34N2O. The van der Waals surface area contributed by atoms with Gasteiger partial charge < -0.3 is 4.74 Å². The van der Waals surface area contributed by atoms with Crippen LogP contribution in [0.5, 0.6) is 5.75 Å². The fraction of sp³-hybridized carbons (Fsp3) is 0.276. The van der Waals surface area contributed by atoms with Gasteiger partial charge in [-0.2, -0.15) is 0 Å². The molecule has 0 amide bonds. The Kier molecular flexibility index (Phi) is 7.19. The molecule has 0 aliphatic heterocycles. The van der Waals surface area contributed by atoms with Gasteiger partial charge in [-0.3, -0.25) is 4.57 Å². The second-order valence-electron chi connectivity index (χ2n) is 8.53. The largest absolute Gasteiger partial charge is 0.497 e. The van der Waals surface area contributed by atoms with Crippen LogP contribution in [0.15, 0.2) is 79.1 Å². The minimum atomic E-state index is 0. The van der Waals surface area contributed by atoms with Gasteiger partial charge in [-0.15, -0.1) is 0 Å². The zero-order valence-corrected chi connectivity index (χ0v) is 19.0. The van der Waals surface area contributed by atoms with Crippen molar-refractivity contribution in [3.05, 3.63) is 90.3 Å². The van der Waals surface area contributed by atoms with Gasteiger partial charge in [0.25, 0.3) is 0 Å². The van der Waals surface area contributed by atoms with E-state index in [0.717, 1.165) is 17.1 Å². The molecule has 0 N–H and O–H groups in total. The van der Waals surface area contributed by atoms with Crippen LogP contribution in [-0.2, 0) is 0 Å². The fourth-order valence-corrected chi connectivity index (χ4v) is 4.07. The molecule has 32 heavy (non-hydrogen) atoms. The zero-order chi connectivity index (χ0) is 22.0. The van der Waals surface area contributed by atoms with Gasteiger partial charge in [0.2, 0.25) is 0 Å². The standard InChI is InChI=1S/C28H30N2O.CH4/c1-19(2)25-17-23(21-11-13-24(31-5)14-12-21)18-26(20(3)4)27(25)30-16-15-29-28(30)22-9-7-6-8-10-22;/h6-20H,1-5H3;1H4. The van der Waals surface area contributed by atoms with E-state index in [2.05, 4.69) is 87.0 Å². The van der Waals surface area contributed by atoms with Gasteiger partial charge in [0.1, 0.15) is 11.6 Å². The predicted molar refractivity (Wildman–Crippen MR) is 136 cm³/mol. The van der Waals surface area contributed by atoms with Crippen LogP contribution in [-0.4, -0.2) is 16.7 Å². The third kappa shape index (κ3) is 4.47. The molecule has 4 rings (SSSR count). The molecule has 0 atom stereocenters. The number of aromatic nitrogens is 2. The second kappa shape index (κ2) is 9.86. The van der Waals surface area contributed by atoms with E-state index in [0.29, 0.717) is 11.8 Å². The summed E-state index contributed by atoms with van der Waals surface area (Å²) in [6, 6.07) is 23.4. The first kappa shape index (κ1) is 23.3. The normalized spacial score (nSPS) is 11.0. The van der Waals surface area contributed by atoms with Crippen molar-refractivity contribution in [2.75, 3.05) is 7.11 Å². The molecule has 0 bridgehead atoms. The first-order valence-corrected chi connectivity index (χ1v) is 10.9. The van der Waals surface area contributed by atoms with Crippen molar-refractivity contribution in [3.63, 3.8) is 0 Å². The lowest BCUT2D eigenvalue weighted by molar-refractivity contribution is 0.415. The lowest BCUT2D eigenvalue weighted by Crippen LogP contribution is -2.08. The molecule has 0 spiro atoms. The molecule has 0 saturated carbocycles. The summed E-state index contributed by atoms with van der Waals surface area (Å²) in [5.41, 5.74) is 7.46. The summed E-state index contributed by atoms with van der Waals surface area (Å²) in [5, 5.41) is 0. The molecule has 3 aromatic carbocycles. The van der Waals surface area contributed by atoms with Gasteiger partial charge in [-0.05, 0) is 58.4 Å². The third-order valence-corrected chi connectivity index (χ3v) is 5.75. The maximum Gasteiger partial charge on any atom is 0.144 e. The highest BCUT2D eigenvalue weighted by molar-refractivity contribution is 5.71. The van der Waals surface area contributed by atoms with Gasteiger partial charge in [0, 0.05) is 18.0 Å². The molecule has 0 fully saturated rings. The lowest BCUT2D eigenvalue weighted by atomic mass is 9.88. The van der Waals surface area contributed by atoms with Crippen LogP contribution in [0.25, 0.3) is 28.2 Å². The lowest BCUT2D eigenvalue weighted by Gasteiger charge is -2.23. The van der Waals surface area contributed by atoms with Crippen LogP contribution in [0.1, 0.15) is 58.1 Å². The molecular weight excluding hydrogens is 392 g/mol. The Hall–Kier alpha value is -3.33. The third-order valence-electron chi connectivity index (χ3n) is 5.75. The fourth-order valence-electron chi connectivity index (χ4n) is 4.07. The van der Waals surface area contributed by atoms with Crippen molar-refractivity contribution in [2.45, 2.75) is 47.0 Å². The molecule has 0 unspecified atom stereocenters. The van der Waals surface area contributed by atoms with Crippen molar-refractivity contribution in [1.82, 2.24) is 9.55 Å². The minimum Gasteiger partial charge on any atom is -0.497 e. The Morgan fingerprint density at radius 2 is 1.34 bits per heavy atom. The van der Waals surface area contributed by atoms with E-state index in [-0.39, 0.29) is 7.43 Å². The van der Waals surface area contributed by atoms with Crippen molar-refractivity contribution in [2.24, 2.45) is 0 Å². The summed E-state index contributed by atoms with van der Waals surface area (Å²) in [7, 11) is 1.70. The van der Waals surface area contributed by atoms with Crippen LogP contribution in [0, 0.1) is 0 Å². The summed E-state index contributed by atoms with van der Waals surface area (Å²) >= 11 is 0. The first-order chi connectivity index (χ1) is 15.0. The molecule has 3 nitrogen and oxygen atoms in total. The SMILES string of the molecule is C.COc1ccc(-c2cc(C(C)C)c(-n3ccnc3-c3ccccc3)c(C(C)C)c2)cc1. The Morgan fingerprint density at radius 1 is 0.750 bits per heavy atom. The molecule has 1 heterocycles. The average molecular weight is 427 g/mol. The van der Waals surface area contributed by atoms with Crippen molar-refractivity contribution < 1.29 is 4.74 Å². The van der Waals surface area contributed by atoms with Gasteiger partial charge in [-0.25, -0.2) is 4.98 Å². The highest BCUT2D eigenvalue weighted by Crippen LogP contribution is 2.38. The number of methoxy groups -OCH3 is 1. The number of rotatable bonds is 6. The van der Waals surface area contributed by atoms with Crippen molar-refractivity contribution in [3.8, 4) is 34.0 Å². The number of benzene rings is 3. The van der Waals surface area contributed by atoms with Crippen LogP contribution in [0.2, 0.25) is 0 Å². The van der Waals surface area contributed by atoms with Crippen molar-refractivity contribution in [1.29, 1.82) is 0 Å². The molecule has 1 aromatic heterocycles. The summed E-state index contributed by atoms with van der Waals surface area (Å²) in [4.78, 5) is 4.71.